The van der Waals surface area contributed by atoms with Crippen LogP contribution in [0.25, 0.3) is 21.1 Å². The van der Waals surface area contributed by atoms with Gasteiger partial charge in [-0.3, -0.25) is 10.1 Å². The van der Waals surface area contributed by atoms with Gasteiger partial charge in [0, 0.05) is 29.1 Å². The molecule has 17 heteroatoms. The van der Waals surface area contributed by atoms with Gasteiger partial charge in [0.1, 0.15) is 33.1 Å². The molecule has 0 bridgehead atoms. The Morgan fingerprint density at radius 1 is 1.00 bits per heavy atom. The Morgan fingerprint density at radius 2 is 1.76 bits per heavy atom. The Kier molecular flexibility index (Phi) is 9.57. The predicted octanol–water partition coefficient (Wildman–Crippen LogP) is 5.07. The van der Waals surface area contributed by atoms with Gasteiger partial charge in [0.15, 0.2) is 5.13 Å². The third-order valence-electron chi connectivity index (χ3n) is 6.44. The summed E-state index contributed by atoms with van der Waals surface area (Å²) in [5, 5.41) is 14.9. The van der Waals surface area contributed by atoms with Crippen LogP contribution < -0.4 is 31.6 Å². The first-order chi connectivity index (χ1) is 21.9. The molecule has 0 atom stereocenters. The van der Waals surface area contributed by atoms with Gasteiger partial charge in [0.2, 0.25) is 10.0 Å². The lowest BCUT2D eigenvalue weighted by Gasteiger charge is -2.10. The van der Waals surface area contributed by atoms with Crippen LogP contribution in [0.3, 0.4) is 0 Å². The number of primary sulfonamides is 1. The fourth-order valence-electron chi connectivity index (χ4n) is 4.15. The second-order valence-electron chi connectivity index (χ2n) is 9.59. The number of thiazole rings is 2. The van der Waals surface area contributed by atoms with Gasteiger partial charge in [0.25, 0.3) is 5.91 Å². The Balaban J connectivity index is 1.24. The van der Waals surface area contributed by atoms with E-state index >= 15 is 0 Å². The summed E-state index contributed by atoms with van der Waals surface area (Å²) in [4.78, 5) is 34.2. The van der Waals surface area contributed by atoms with Gasteiger partial charge in [-0.1, -0.05) is 29.5 Å². The van der Waals surface area contributed by atoms with Crippen molar-refractivity contribution in [2.24, 2.45) is 5.14 Å². The number of benzene rings is 3. The van der Waals surface area contributed by atoms with E-state index in [2.05, 4.69) is 25.9 Å². The van der Waals surface area contributed by atoms with Crippen LogP contribution in [0.4, 0.5) is 30.2 Å². The molecule has 0 aliphatic rings. The number of amides is 3. The highest BCUT2D eigenvalue weighted by atomic mass is 32.2. The summed E-state index contributed by atoms with van der Waals surface area (Å²) in [6, 6.07) is 13.5. The normalized spacial score (nSPS) is 11.2. The molecule has 0 unspecified atom stereocenters. The zero-order chi connectivity index (χ0) is 33.0. The van der Waals surface area contributed by atoms with Crippen LogP contribution in [-0.2, 0) is 16.4 Å². The number of nitrogens with zero attached hydrogens (tertiary/aromatic N) is 2. The molecule has 12 nitrogen and oxygen atoms in total. The first kappa shape index (κ1) is 32.4. The van der Waals surface area contributed by atoms with Gasteiger partial charge < -0.3 is 21.1 Å². The highest BCUT2D eigenvalue weighted by Crippen LogP contribution is 2.39. The summed E-state index contributed by atoms with van der Waals surface area (Å²) < 4.78 is 57.4. The molecule has 0 spiro atoms. The molecule has 0 saturated heterocycles. The molecule has 0 radical (unpaired) electrons. The topological polar surface area (TPSA) is 191 Å². The molecule has 238 valence electrons. The van der Waals surface area contributed by atoms with E-state index in [-0.39, 0.29) is 44.9 Å². The van der Waals surface area contributed by atoms with Crippen molar-refractivity contribution in [2.45, 2.75) is 11.3 Å². The second kappa shape index (κ2) is 13.6. The fourth-order valence-corrected chi connectivity index (χ4v) is 6.46. The van der Waals surface area contributed by atoms with Crippen LogP contribution >= 0.6 is 22.7 Å². The lowest BCUT2D eigenvalue weighted by atomic mass is 10.1. The number of nitrogen functional groups attached to an aromatic ring is 1. The van der Waals surface area contributed by atoms with Crippen LogP contribution in [0.2, 0.25) is 0 Å². The van der Waals surface area contributed by atoms with Crippen LogP contribution in [0, 0.1) is 11.6 Å². The summed E-state index contributed by atoms with van der Waals surface area (Å²) in [5.74, 6) is -1.94. The maximum absolute atomic E-state index is 14.9. The number of halogens is 2. The van der Waals surface area contributed by atoms with Crippen LogP contribution in [0.1, 0.15) is 15.9 Å². The minimum atomic E-state index is -3.79. The van der Waals surface area contributed by atoms with E-state index in [1.165, 1.54) is 31.4 Å². The molecule has 2 heterocycles. The van der Waals surface area contributed by atoms with Crippen molar-refractivity contribution in [1.29, 1.82) is 0 Å². The number of anilines is 3. The standard InChI is InChI=1S/C29H25F2N7O5S3/c1-43-17-4-2-3-16(11-17)26(39)35-22-12-19(20(30)13-21(22)31)23-14-44-27(36-23)24-25(32)37-29(45-24)38-28(40)34-10-9-15-5-7-18(8-6-15)46(33,41)42/h2-8,11-14H,9-10,32H2,1H3,(H,35,39)(H2,33,41,42)(H2,34,37,38,40). The second-order valence-corrected chi connectivity index (χ2v) is 13.0. The first-order valence-corrected chi connectivity index (χ1v) is 16.5. The number of nitrogens with two attached hydrogens (primary N) is 2. The van der Waals surface area contributed by atoms with Crippen molar-refractivity contribution in [1.82, 2.24) is 15.3 Å². The van der Waals surface area contributed by atoms with E-state index in [4.69, 9.17) is 15.6 Å². The lowest BCUT2D eigenvalue weighted by Crippen LogP contribution is -2.30. The van der Waals surface area contributed by atoms with E-state index in [0.717, 1.165) is 34.3 Å². The number of carbonyl (C=O) groups excluding carboxylic acids is 2. The predicted molar refractivity (Wildman–Crippen MR) is 172 cm³/mol. The number of hydrogen-bond donors (Lipinski definition) is 5. The average Bonchev–Trinajstić information content (AvgIpc) is 3.64. The number of ether oxygens (including phenoxy) is 1. The van der Waals surface area contributed by atoms with Gasteiger partial charge >= 0.3 is 6.03 Å². The molecule has 0 aliphatic heterocycles. The molecule has 7 N–H and O–H groups in total. The molecule has 3 amide bonds. The van der Waals surface area contributed by atoms with Crippen LogP contribution in [-0.4, -0.2) is 44.0 Å². The van der Waals surface area contributed by atoms with Crippen molar-refractivity contribution < 1.29 is 31.5 Å². The molecule has 0 aliphatic carbocycles. The number of rotatable bonds is 10. The molecule has 3 aromatic carbocycles. The zero-order valence-corrected chi connectivity index (χ0v) is 26.3. The number of urea groups is 1. The number of carbonyl (C=O) groups is 2. The monoisotopic (exact) mass is 685 g/mol. The SMILES string of the molecule is COc1cccc(C(=O)Nc2cc(-c3csc(-c4sc(NC(=O)NCCc5ccc(S(N)(=O)=O)cc5)nc4N)n3)c(F)cc2F)c1. The molecular weight excluding hydrogens is 661 g/mol. The van der Waals surface area contributed by atoms with Gasteiger partial charge in [-0.2, -0.15) is 0 Å². The first-order valence-electron chi connectivity index (χ1n) is 13.2. The highest BCUT2D eigenvalue weighted by Gasteiger charge is 2.20. The molecule has 0 fully saturated rings. The van der Waals surface area contributed by atoms with Crippen molar-refractivity contribution in [3.63, 3.8) is 0 Å². The average molecular weight is 686 g/mol. The van der Waals surface area contributed by atoms with Gasteiger partial charge in [0.05, 0.1) is 23.4 Å². The number of sulfonamides is 1. The summed E-state index contributed by atoms with van der Waals surface area (Å²) in [6.45, 7) is 0.245. The van der Waals surface area contributed by atoms with E-state index in [1.807, 2.05) is 0 Å². The molecule has 2 aromatic heterocycles. The van der Waals surface area contributed by atoms with E-state index in [1.54, 1.807) is 29.6 Å². The smallest absolute Gasteiger partial charge is 0.321 e. The van der Waals surface area contributed by atoms with Gasteiger partial charge in [-0.05, 0) is 48.4 Å². The van der Waals surface area contributed by atoms with Gasteiger partial charge in [-0.15, -0.1) is 11.3 Å². The molecule has 5 rings (SSSR count). The maximum atomic E-state index is 14.9. The van der Waals surface area contributed by atoms with Crippen molar-refractivity contribution in [3.05, 3.63) is 88.8 Å². The minimum absolute atomic E-state index is 0.00647. The van der Waals surface area contributed by atoms with E-state index in [0.29, 0.717) is 28.1 Å². The fraction of sp³-hybridized carbons (Fsp3) is 0.103. The maximum Gasteiger partial charge on any atom is 0.321 e. The van der Waals surface area contributed by atoms with Crippen LogP contribution in [0.15, 0.2) is 70.9 Å². The molecular formula is C29H25F2N7O5S3. The largest absolute Gasteiger partial charge is 0.497 e. The number of hydrogen-bond acceptors (Lipinski definition) is 10. The number of methoxy groups -OCH3 is 1. The van der Waals surface area contributed by atoms with Crippen molar-refractivity contribution >= 4 is 61.3 Å². The number of aromatic nitrogens is 2. The van der Waals surface area contributed by atoms with E-state index in [9.17, 15) is 26.8 Å². The van der Waals surface area contributed by atoms with Crippen LogP contribution in [0.5, 0.6) is 5.75 Å². The highest BCUT2D eigenvalue weighted by molar-refractivity contribution is 7.89. The summed E-state index contributed by atoms with van der Waals surface area (Å²) >= 11 is 2.19. The number of nitrogens with one attached hydrogen (secondary N) is 3. The summed E-state index contributed by atoms with van der Waals surface area (Å²) in [6.07, 6.45) is 0.428. The third-order valence-corrected chi connectivity index (χ3v) is 9.35. The lowest BCUT2D eigenvalue weighted by molar-refractivity contribution is 0.102. The Morgan fingerprint density at radius 3 is 2.48 bits per heavy atom. The molecule has 46 heavy (non-hydrogen) atoms. The third kappa shape index (κ3) is 7.63. The van der Waals surface area contributed by atoms with Crippen molar-refractivity contribution in [3.8, 4) is 26.9 Å². The molecule has 5 aromatic rings. The zero-order valence-electron chi connectivity index (χ0n) is 23.8. The Bertz CT molecular complexity index is 2030. The molecule has 0 saturated carbocycles. The summed E-state index contributed by atoms with van der Waals surface area (Å²) in [5.41, 5.74) is 6.97. The minimum Gasteiger partial charge on any atom is -0.497 e. The van der Waals surface area contributed by atoms with Crippen molar-refractivity contribution in [2.75, 3.05) is 30.0 Å². The van der Waals surface area contributed by atoms with E-state index < -0.39 is 33.6 Å². The Hall–Kier alpha value is -4.97. The van der Waals surface area contributed by atoms with Gasteiger partial charge in [-0.25, -0.2) is 37.1 Å². The summed E-state index contributed by atoms with van der Waals surface area (Å²) in [7, 11) is -2.34. The quantitative estimate of drug-likeness (QED) is 0.135. The Labute approximate surface area is 269 Å².